The summed E-state index contributed by atoms with van der Waals surface area (Å²) >= 11 is 1.48. The molecule has 0 aromatic carbocycles. The average molecular weight is 350 g/mol. The van der Waals surface area contributed by atoms with Gasteiger partial charge in [0.25, 0.3) is 10.1 Å². The molecule has 10 heteroatoms. The molecule has 2 rings (SSSR count). The van der Waals surface area contributed by atoms with Crippen LogP contribution in [0.5, 0.6) is 11.5 Å². The molecule has 1 aromatic heterocycles. The summed E-state index contributed by atoms with van der Waals surface area (Å²) in [4.78, 5) is 0. The Morgan fingerprint density at radius 1 is 1.52 bits per heavy atom. The van der Waals surface area contributed by atoms with E-state index in [0.717, 1.165) is 5.75 Å². The Bertz CT molecular complexity index is 540. The number of alkyl halides is 1. The van der Waals surface area contributed by atoms with Gasteiger partial charge in [0.15, 0.2) is 17.6 Å². The van der Waals surface area contributed by atoms with Crippen LogP contribution in [-0.4, -0.2) is 44.4 Å². The first-order valence-electron chi connectivity index (χ1n) is 6.00. The fourth-order valence-electron chi connectivity index (χ4n) is 1.65. The van der Waals surface area contributed by atoms with Crippen molar-refractivity contribution in [1.29, 1.82) is 0 Å². The minimum absolute atomic E-state index is 0. The van der Waals surface area contributed by atoms with Gasteiger partial charge in [0.1, 0.15) is 6.61 Å². The van der Waals surface area contributed by atoms with Crippen LogP contribution in [0.25, 0.3) is 0 Å². The second kappa shape index (κ2) is 8.66. The third-order valence-electron chi connectivity index (χ3n) is 2.66. The van der Waals surface area contributed by atoms with Crippen molar-refractivity contribution in [3.63, 3.8) is 0 Å². The molecule has 0 bridgehead atoms. The van der Waals surface area contributed by atoms with E-state index >= 15 is 0 Å². The van der Waals surface area contributed by atoms with Crippen LogP contribution < -0.4 is 39.0 Å². The molecular formula is C11H16FNaO6S2. The van der Waals surface area contributed by atoms with Crippen molar-refractivity contribution in [2.24, 2.45) is 0 Å². The summed E-state index contributed by atoms with van der Waals surface area (Å²) in [5.41, 5.74) is -2.26. The third kappa shape index (κ3) is 6.01. The minimum Gasteiger partial charge on any atom is -1.00 e. The molecule has 0 spiro atoms. The van der Waals surface area contributed by atoms with Gasteiger partial charge in [0.05, 0.1) is 6.61 Å². The molecule has 0 fully saturated rings. The van der Waals surface area contributed by atoms with E-state index in [4.69, 9.17) is 18.8 Å². The Labute approximate surface area is 150 Å². The Morgan fingerprint density at radius 3 is 2.95 bits per heavy atom. The van der Waals surface area contributed by atoms with Gasteiger partial charge in [-0.3, -0.25) is 4.55 Å². The van der Waals surface area contributed by atoms with Crippen molar-refractivity contribution in [2.45, 2.75) is 24.4 Å². The molecule has 116 valence electrons. The molecule has 1 aliphatic rings. The summed E-state index contributed by atoms with van der Waals surface area (Å²) in [5, 5.41) is 3.68. The average Bonchev–Trinajstić information content (AvgIpc) is 2.84. The van der Waals surface area contributed by atoms with Crippen molar-refractivity contribution in [2.75, 3.05) is 19.8 Å². The summed E-state index contributed by atoms with van der Waals surface area (Å²) in [7, 11) is -4.60. The van der Waals surface area contributed by atoms with E-state index in [0.29, 0.717) is 12.4 Å². The summed E-state index contributed by atoms with van der Waals surface area (Å²) in [6.45, 7) is 0.838. The number of thiophene rings is 1. The summed E-state index contributed by atoms with van der Waals surface area (Å²) < 4.78 is 58.5. The largest absolute Gasteiger partial charge is 1.00 e. The second-order valence-electron chi connectivity index (χ2n) is 4.29. The standard InChI is InChI=1S/C11H15FO6S2.Na.H/c12-11(20(13,14)15)2-1-3-16-4-8-5-17-9-6-19-7-10(9)18-8;;/h6-8,11H,1-5H2,(H,13,14,15);;/q;+1;-1. The molecular weight excluding hydrogens is 334 g/mol. The van der Waals surface area contributed by atoms with E-state index in [1.165, 1.54) is 11.3 Å². The maximum atomic E-state index is 12.9. The molecule has 21 heavy (non-hydrogen) atoms. The van der Waals surface area contributed by atoms with Gasteiger partial charge in [-0.25, -0.2) is 4.39 Å². The van der Waals surface area contributed by atoms with Crippen LogP contribution in [0.4, 0.5) is 4.39 Å². The zero-order chi connectivity index (χ0) is 14.6. The van der Waals surface area contributed by atoms with Gasteiger partial charge >= 0.3 is 29.6 Å². The van der Waals surface area contributed by atoms with Crippen molar-refractivity contribution < 1.29 is 62.6 Å². The van der Waals surface area contributed by atoms with E-state index in [9.17, 15) is 12.8 Å². The van der Waals surface area contributed by atoms with Gasteiger partial charge < -0.3 is 15.6 Å². The Morgan fingerprint density at radius 2 is 2.24 bits per heavy atom. The Kier molecular flexibility index (Phi) is 7.90. The number of ether oxygens (including phenoxy) is 3. The van der Waals surface area contributed by atoms with Crippen LogP contribution >= 0.6 is 11.3 Å². The molecule has 0 saturated heterocycles. The zero-order valence-electron chi connectivity index (χ0n) is 12.5. The first kappa shape index (κ1) is 19.1. The van der Waals surface area contributed by atoms with Gasteiger partial charge in [-0.05, 0) is 12.8 Å². The van der Waals surface area contributed by atoms with E-state index in [-0.39, 0.29) is 63.1 Å². The van der Waals surface area contributed by atoms with Gasteiger partial charge in [-0.15, -0.1) is 11.3 Å². The molecule has 2 unspecified atom stereocenters. The van der Waals surface area contributed by atoms with E-state index in [1.54, 1.807) is 0 Å². The van der Waals surface area contributed by atoms with Crippen LogP contribution in [0, 0.1) is 0 Å². The number of hydrogen-bond donors (Lipinski definition) is 1. The first-order chi connectivity index (χ1) is 9.47. The quantitative estimate of drug-likeness (QED) is 0.385. The molecule has 0 radical (unpaired) electrons. The van der Waals surface area contributed by atoms with Crippen LogP contribution in [0.3, 0.4) is 0 Å². The summed E-state index contributed by atoms with van der Waals surface area (Å²) in [6.07, 6.45) is -0.340. The fraction of sp³-hybridized carbons (Fsp3) is 0.636. The normalized spacial score (nSPS) is 18.9. The van der Waals surface area contributed by atoms with Crippen molar-refractivity contribution in [3.8, 4) is 11.5 Å². The van der Waals surface area contributed by atoms with E-state index < -0.39 is 15.6 Å². The number of halogens is 1. The van der Waals surface area contributed by atoms with Gasteiger partial charge in [0.2, 0.25) is 5.50 Å². The maximum absolute atomic E-state index is 12.9. The summed E-state index contributed by atoms with van der Waals surface area (Å²) in [5.74, 6) is 1.41. The Hall–Kier alpha value is 0.1000. The van der Waals surface area contributed by atoms with Crippen LogP contribution in [0.2, 0.25) is 0 Å². The monoisotopic (exact) mass is 350 g/mol. The first-order valence-corrected chi connectivity index (χ1v) is 8.45. The predicted molar refractivity (Wildman–Crippen MR) is 71.8 cm³/mol. The smallest absolute Gasteiger partial charge is 1.00 e. The molecule has 0 aliphatic carbocycles. The van der Waals surface area contributed by atoms with Gasteiger partial charge in [-0.1, -0.05) is 0 Å². The second-order valence-corrected chi connectivity index (χ2v) is 6.58. The number of hydrogen-bond acceptors (Lipinski definition) is 6. The van der Waals surface area contributed by atoms with Crippen LogP contribution in [-0.2, 0) is 14.9 Å². The molecule has 2 atom stereocenters. The fourth-order valence-corrected chi connectivity index (χ4v) is 2.79. The van der Waals surface area contributed by atoms with E-state index in [1.807, 2.05) is 10.8 Å². The maximum Gasteiger partial charge on any atom is 1.00 e. The third-order valence-corrected chi connectivity index (χ3v) is 4.24. The molecule has 1 N–H and O–H groups in total. The topological polar surface area (TPSA) is 82.1 Å². The molecule has 1 aromatic rings. The number of fused-ring (bicyclic) bond motifs is 1. The summed E-state index contributed by atoms with van der Waals surface area (Å²) in [6, 6.07) is 0. The van der Waals surface area contributed by atoms with Gasteiger partial charge in [0, 0.05) is 17.4 Å². The molecule has 1 aliphatic heterocycles. The van der Waals surface area contributed by atoms with E-state index in [2.05, 4.69) is 0 Å². The SMILES string of the molecule is O=S(=O)(O)C(F)CCCOCC1COc2cscc2O1.[H-].[Na+]. The number of rotatable bonds is 7. The Balaban J connectivity index is 0.00000220. The molecule has 2 heterocycles. The van der Waals surface area contributed by atoms with Crippen molar-refractivity contribution in [1.82, 2.24) is 0 Å². The van der Waals surface area contributed by atoms with Gasteiger partial charge in [-0.2, -0.15) is 8.42 Å². The predicted octanol–water partition coefficient (Wildman–Crippen LogP) is -1.02. The van der Waals surface area contributed by atoms with Crippen LogP contribution in [0.15, 0.2) is 10.8 Å². The van der Waals surface area contributed by atoms with Crippen molar-refractivity contribution >= 4 is 21.5 Å². The zero-order valence-corrected chi connectivity index (χ0v) is 15.2. The molecule has 0 saturated carbocycles. The minimum atomic E-state index is -4.60. The molecule has 6 nitrogen and oxygen atoms in total. The van der Waals surface area contributed by atoms with Crippen LogP contribution in [0.1, 0.15) is 14.3 Å². The van der Waals surface area contributed by atoms with Crippen molar-refractivity contribution in [3.05, 3.63) is 10.8 Å². The molecule has 0 amide bonds.